The van der Waals surface area contributed by atoms with Crippen molar-refractivity contribution >= 4 is 33.4 Å². The standard InChI is InChI=1S/C54H38N2/c1-4-16-43(17-5-1)52-51-25-12-13-38-55(51)54(53(52)44-18-6-2-7-19-44)45-28-26-39(27-29-45)40-30-34-47(35-31-40)56(46-21-8-3-9-22-46)48-36-32-42(33-37-48)50-24-14-20-41-15-10-11-23-49(41)50/h1-38H. The Hall–Kier alpha value is -7.42. The molecule has 10 aromatic rings. The summed E-state index contributed by atoms with van der Waals surface area (Å²) in [5, 5.41) is 2.52. The maximum atomic E-state index is 2.35. The van der Waals surface area contributed by atoms with Crippen LogP contribution in [-0.4, -0.2) is 4.40 Å². The summed E-state index contributed by atoms with van der Waals surface area (Å²) in [6.07, 6.45) is 2.19. The van der Waals surface area contributed by atoms with Crippen LogP contribution in [-0.2, 0) is 0 Å². The van der Waals surface area contributed by atoms with E-state index in [1.54, 1.807) is 0 Å². The van der Waals surface area contributed by atoms with E-state index >= 15 is 0 Å². The van der Waals surface area contributed by atoms with Crippen molar-refractivity contribution in [3.8, 4) is 55.8 Å². The first-order valence-corrected chi connectivity index (χ1v) is 19.2. The number of para-hydroxylation sites is 1. The van der Waals surface area contributed by atoms with E-state index in [9.17, 15) is 0 Å². The Morgan fingerprint density at radius 1 is 0.304 bits per heavy atom. The Morgan fingerprint density at radius 2 is 0.786 bits per heavy atom. The molecule has 2 heterocycles. The van der Waals surface area contributed by atoms with Crippen LogP contribution in [0.15, 0.2) is 231 Å². The smallest absolute Gasteiger partial charge is 0.0613 e. The Labute approximate surface area is 327 Å². The van der Waals surface area contributed by atoms with E-state index in [1.807, 2.05) is 0 Å². The molecule has 0 saturated heterocycles. The number of fused-ring (bicyclic) bond motifs is 2. The summed E-state index contributed by atoms with van der Waals surface area (Å²) < 4.78 is 2.35. The van der Waals surface area contributed by atoms with E-state index in [1.165, 1.54) is 72.1 Å². The van der Waals surface area contributed by atoms with Crippen LogP contribution in [0.25, 0.3) is 72.1 Å². The molecule has 0 saturated carbocycles. The average Bonchev–Trinajstić information content (AvgIpc) is 3.63. The second kappa shape index (κ2) is 14.4. The first kappa shape index (κ1) is 33.2. The third kappa shape index (κ3) is 6.04. The third-order valence-corrected chi connectivity index (χ3v) is 10.8. The number of pyridine rings is 1. The number of hydrogen-bond donors (Lipinski definition) is 0. The fourth-order valence-corrected chi connectivity index (χ4v) is 8.19. The molecule has 2 heteroatoms. The summed E-state index contributed by atoms with van der Waals surface area (Å²) in [6.45, 7) is 0. The predicted octanol–water partition coefficient (Wildman–Crippen LogP) is 14.9. The van der Waals surface area contributed by atoms with Gasteiger partial charge in [-0.25, -0.2) is 0 Å². The summed E-state index contributed by atoms with van der Waals surface area (Å²) in [5.74, 6) is 0. The highest BCUT2D eigenvalue weighted by Gasteiger charge is 2.22. The van der Waals surface area contributed by atoms with E-state index in [4.69, 9.17) is 0 Å². The summed E-state index contributed by atoms with van der Waals surface area (Å²) in [6, 6.07) is 80.7. The van der Waals surface area contributed by atoms with Crippen molar-refractivity contribution in [2.75, 3.05) is 4.90 Å². The van der Waals surface area contributed by atoms with Crippen molar-refractivity contribution in [3.05, 3.63) is 231 Å². The molecule has 2 aromatic heterocycles. The monoisotopic (exact) mass is 714 g/mol. The highest BCUT2D eigenvalue weighted by Crippen LogP contribution is 2.45. The molecule has 0 amide bonds. The molecule has 0 N–H and O–H groups in total. The van der Waals surface area contributed by atoms with Crippen molar-refractivity contribution < 1.29 is 0 Å². The van der Waals surface area contributed by atoms with Gasteiger partial charge >= 0.3 is 0 Å². The van der Waals surface area contributed by atoms with Gasteiger partial charge in [0.2, 0.25) is 0 Å². The van der Waals surface area contributed by atoms with Crippen molar-refractivity contribution in [2.24, 2.45) is 0 Å². The molecule has 0 bridgehead atoms. The zero-order valence-corrected chi connectivity index (χ0v) is 30.8. The minimum absolute atomic E-state index is 1.11. The minimum Gasteiger partial charge on any atom is -0.315 e. The van der Waals surface area contributed by atoms with E-state index < -0.39 is 0 Å². The number of anilines is 3. The van der Waals surface area contributed by atoms with E-state index in [-0.39, 0.29) is 0 Å². The van der Waals surface area contributed by atoms with Gasteiger partial charge in [0.1, 0.15) is 0 Å². The zero-order chi connectivity index (χ0) is 37.3. The Balaban J connectivity index is 1.00. The molecular weight excluding hydrogens is 677 g/mol. The number of aromatic nitrogens is 1. The molecule has 2 nitrogen and oxygen atoms in total. The van der Waals surface area contributed by atoms with Gasteiger partial charge in [-0.05, 0) is 98.2 Å². The zero-order valence-electron chi connectivity index (χ0n) is 30.8. The van der Waals surface area contributed by atoms with Gasteiger partial charge in [0.05, 0.1) is 11.2 Å². The Kier molecular flexibility index (Phi) is 8.55. The highest BCUT2D eigenvalue weighted by molar-refractivity contribution is 6.03. The normalized spacial score (nSPS) is 11.2. The number of benzene rings is 8. The van der Waals surface area contributed by atoms with E-state index in [0.717, 1.165) is 17.1 Å². The van der Waals surface area contributed by atoms with Gasteiger partial charge in [-0.3, -0.25) is 0 Å². The molecule has 0 aliphatic carbocycles. The van der Waals surface area contributed by atoms with Crippen molar-refractivity contribution in [2.45, 2.75) is 0 Å². The first-order valence-electron chi connectivity index (χ1n) is 19.2. The lowest BCUT2D eigenvalue weighted by molar-refractivity contribution is 1.20. The van der Waals surface area contributed by atoms with Gasteiger partial charge in [-0.1, -0.05) is 176 Å². The van der Waals surface area contributed by atoms with E-state index in [2.05, 4.69) is 240 Å². The van der Waals surface area contributed by atoms with Crippen LogP contribution in [0, 0.1) is 0 Å². The van der Waals surface area contributed by atoms with Gasteiger partial charge in [0.15, 0.2) is 0 Å². The molecule has 0 fully saturated rings. The fourth-order valence-electron chi connectivity index (χ4n) is 8.19. The first-order chi connectivity index (χ1) is 27.8. The maximum Gasteiger partial charge on any atom is 0.0613 e. The van der Waals surface area contributed by atoms with Crippen LogP contribution >= 0.6 is 0 Å². The number of nitrogens with zero attached hydrogens (tertiary/aromatic N) is 2. The molecule has 0 atom stereocenters. The molecule has 0 unspecified atom stereocenters. The van der Waals surface area contributed by atoms with Gasteiger partial charge in [-0.2, -0.15) is 0 Å². The molecule has 264 valence electrons. The lowest BCUT2D eigenvalue weighted by Crippen LogP contribution is -2.09. The molecule has 0 aliphatic rings. The van der Waals surface area contributed by atoms with Crippen molar-refractivity contribution in [1.82, 2.24) is 4.40 Å². The predicted molar refractivity (Wildman–Crippen MR) is 237 cm³/mol. The van der Waals surface area contributed by atoms with Gasteiger partial charge in [-0.15, -0.1) is 0 Å². The maximum absolute atomic E-state index is 2.35. The van der Waals surface area contributed by atoms with Gasteiger partial charge in [0.25, 0.3) is 0 Å². The molecule has 56 heavy (non-hydrogen) atoms. The lowest BCUT2D eigenvalue weighted by atomic mass is 9.93. The van der Waals surface area contributed by atoms with Crippen LogP contribution in [0.5, 0.6) is 0 Å². The van der Waals surface area contributed by atoms with Crippen LogP contribution in [0.1, 0.15) is 0 Å². The SMILES string of the molecule is c1ccc(-c2c(-c3ccccc3)c3ccccn3c2-c2ccc(-c3ccc(N(c4ccccc4)c4ccc(-c5cccc6ccccc56)cc4)cc3)cc2)cc1. The molecular formula is C54H38N2. The van der Waals surface area contributed by atoms with Crippen LogP contribution in [0.2, 0.25) is 0 Å². The van der Waals surface area contributed by atoms with Gasteiger partial charge in [0, 0.05) is 34.4 Å². The highest BCUT2D eigenvalue weighted by atomic mass is 15.1. The Morgan fingerprint density at radius 3 is 1.45 bits per heavy atom. The summed E-state index contributed by atoms with van der Waals surface area (Å²) in [7, 11) is 0. The molecule has 8 aromatic carbocycles. The lowest BCUT2D eigenvalue weighted by Gasteiger charge is -2.26. The van der Waals surface area contributed by atoms with Crippen LogP contribution in [0.3, 0.4) is 0 Å². The molecule has 10 rings (SSSR count). The third-order valence-electron chi connectivity index (χ3n) is 10.8. The van der Waals surface area contributed by atoms with Crippen molar-refractivity contribution in [3.63, 3.8) is 0 Å². The quantitative estimate of drug-likeness (QED) is 0.152. The molecule has 0 spiro atoms. The van der Waals surface area contributed by atoms with Crippen LogP contribution in [0.4, 0.5) is 17.1 Å². The number of hydrogen-bond acceptors (Lipinski definition) is 1. The van der Waals surface area contributed by atoms with Crippen LogP contribution < -0.4 is 4.90 Å². The Bertz CT molecular complexity index is 2910. The summed E-state index contributed by atoms with van der Waals surface area (Å²) in [4.78, 5) is 2.33. The van der Waals surface area contributed by atoms with Crippen molar-refractivity contribution in [1.29, 1.82) is 0 Å². The fraction of sp³-hybridized carbons (Fsp3) is 0. The second-order valence-corrected chi connectivity index (χ2v) is 14.2. The topological polar surface area (TPSA) is 7.65 Å². The number of rotatable bonds is 8. The average molecular weight is 715 g/mol. The minimum atomic E-state index is 1.11. The van der Waals surface area contributed by atoms with Gasteiger partial charge < -0.3 is 9.30 Å². The summed E-state index contributed by atoms with van der Waals surface area (Å²) in [5.41, 5.74) is 16.6. The summed E-state index contributed by atoms with van der Waals surface area (Å²) >= 11 is 0. The largest absolute Gasteiger partial charge is 0.315 e. The molecule has 0 radical (unpaired) electrons. The molecule has 0 aliphatic heterocycles. The second-order valence-electron chi connectivity index (χ2n) is 14.2. The van der Waals surface area contributed by atoms with E-state index in [0.29, 0.717) is 0 Å².